The third-order valence-corrected chi connectivity index (χ3v) is 5.66. The number of carbonyl (C=O) groups excluding carboxylic acids is 1. The van der Waals surface area contributed by atoms with Crippen molar-refractivity contribution in [2.24, 2.45) is 0 Å². The summed E-state index contributed by atoms with van der Waals surface area (Å²) in [6.45, 7) is 3.23. The van der Waals surface area contributed by atoms with E-state index in [1.54, 1.807) is 12.0 Å². The van der Waals surface area contributed by atoms with Crippen LogP contribution in [0.15, 0.2) is 18.2 Å². The first-order chi connectivity index (χ1) is 12.5. The van der Waals surface area contributed by atoms with Crippen LogP contribution in [0.1, 0.15) is 43.2 Å². The van der Waals surface area contributed by atoms with Gasteiger partial charge < -0.3 is 19.5 Å². The van der Waals surface area contributed by atoms with E-state index in [0.29, 0.717) is 19.7 Å². The van der Waals surface area contributed by atoms with Gasteiger partial charge in [0.2, 0.25) is 5.91 Å². The molecule has 1 saturated heterocycles. The van der Waals surface area contributed by atoms with Gasteiger partial charge in [-0.05, 0) is 37.0 Å². The zero-order valence-corrected chi connectivity index (χ0v) is 15.5. The molecule has 3 rings (SSSR count). The fraction of sp³-hybridized carbons (Fsp3) is 0.600. The largest absolute Gasteiger partial charge is 0.496 e. The summed E-state index contributed by atoms with van der Waals surface area (Å²) in [5, 5.41) is 9.02. The molecule has 1 heterocycles. The third kappa shape index (κ3) is 3.56. The Labute approximate surface area is 154 Å². The van der Waals surface area contributed by atoms with Crippen molar-refractivity contribution in [1.29, 1.82) is 0 Å². The van der Waals surface area contributed by atoms with E-state index in [9.17, 15) is 9.59 Å². The summed E-state index contributed by atoms with van der Waals surface area (Å²) >= 11 is 0. The molecule has 6 nitrogen and oxygen atoms in total. The summed E-state index contributed by atoms with van der Waals surface area (Å²) in [6.07, 6.45) is 3.17. The molecule has 1 saturated carbocycles. The number of aliphatic carboxylic acids is 1. The number of carbonyl (C=O) groups is 2. The van der Waals surface area contributed by atoms with E-state index in [1.165, 1.54) is 0 Å². The number of methoxy groups -OCH3 is 1. The summed E-state index contributed by atoms with van der Waals surface area (Å²) < 4.78 is 11.0. The van der Waals surface area contributed by atoms with Crippen LogP contribution in [0.2, 0.25) is 0 Å². The van der Waals surface area contributed by atoms with E-state index in [0.717, 1.165) is 42.6 Å². The summed E-state index contributed by atoms with van der Waals surface area (Å²) in [7, 11) is 1.65. The number of carboxylic acids is 1. The van der Waals surface area contributed by atoms with Crippen molar-refractivity contribution < 1.29 is 24.2 Å². The molecule has 1 N–H and O–H groups in total. The van der Waals surface area contributed by atoms with Gasteiger partial charge in [0, 0.05) is 13.1 Å². The monoisotopic (exact) mass is 361 g/mol. The maximum Gasteiger partial charge on any atom is 0.306 e. The number of carboxylic acid groups (broad SMARTS) is 1. The van der Waals surface area contributed by atoms with Gasteiger partial charge in [-0.15, -0.1) is 0 Å². The third-order valence-electron chi connectivity index (χ3n) is 5.66. The van der Waals surface area contributed by atoms with Gasteiger partial charge in [0.1, 0.15) is 5.75 Å². The number of morpholine rings is 1. The van der Waals surface area contributed by atoms with Crippen LogP contribution in [0.5, 0.6) is 5.75 Å². The minimum absolute atomic E-state index is 0.0743. The average Bonchev–Trinajstić information content (AvgIpc) is 3.12. The predicted octanol–water partition coefficient (Wildman–Crippen LogP) is 2.52. The van der Waals surface area contributed by atoms with Crippen molar-refractivity contribution in [1.82, 2.24) is 4.90 Å². The molecule has 0 radical (unpaired) electrons. The Morgan fingerprint density at radius 2 is 2.08 bits per heavy atom. The van der Waals surface area contributed by atoms with Gasteiger partial charge in [0.05, 0.1) is 31.7 Å². The van der Waals surface area contributed by atoms with Gasteiger partial charge in [-0.1, -0.05) is 25.0 Å². The van der Waals surface area contributed by atoms with Crippen molar-refractivity contribution in [3.63, 3.8) is 0 Å². The lowest BCUT2D eigenvalue weighted by Crippen LogP contribution is -2.52. The van der Waals surface area contributed by atoms with E-state index >= 15 is 0 Å². The molecule has 142 valence electrons. The van der Waals surface area contributed by atoms with Crippen LogP contribution in [0.4, 0.5) is 0 Å². The van der Waals surface area contributed by atoms with E-state index in [2.05, 4.69) is 0 Å². The lowest BCUT2D eigenvalue weighted by atomic mass is 9.77. The Balaban J connectivity index is 1.87. The van der Waals surface area contributed by atoms with Crippen molar-refractivity contribution >= 4 is 11.9 Å². The molecule has 2 aliphatic rings. The average molecular weight is 361 g/mol. The highest BCUT2D eigenvalue weighted by molar-refractivity contribution is 5.89. The second-order valence-electron chi connectivity index (χ2n) is 7.32. The standard InChI is InChI=1S/C20H27NO5/c1-14-5-6-15(11-17(14)25-2)20(7-3-4-8-20)19(24)21-9-10-26-16(13-21)12-18(22)23/h5-6,11,16H,3-4,7-10,12-13H2,1-2H3,(H,22,23). The molecule has 1 aromatic rings. The van der Waals surface area contributed by atoms with Gasteiger partial charge >= 0.3 is 5.97 Å². The second-order valence-corrected chi connectivity index (χ2v) is 7.32. The van der Waals surface area contributed by atoms with Crippen molar-refractivity contribution in [2.75, 3.05) is 26.8 Å². The fourth-order valence-electron chi connectivity index (χ4n) is 4.25. The van der Waals surface area contributed by atoms with Gasteiger partial charge in [-0.2, -0.15) is 0 Å². The second kappa shape index (κ2) is 7.66. The lowest BCUT2D eigenvalue weighted by molar-refractivity contribution is -0.150. The smallest absolute Gasteiger partial charge is 0.306 e. The first-order valence-corrected chi connectivity index (χ1v) is 9.24. The molecular weight excluding hydrogens is 334 g/mol. The Kier molecular flexibility index (Phi) is 5.51. The Hall–Kier alpha value is -2.08. The van der Waals surface area contributed by atoms with Crippen LogP contribution >= 0.6 is 0 Å². The van der Waals surface area contributed by atoms with Crippen LogP contribution in [0, 0.1) is 6.92 Å². The maximum absolute atomic E-state index is 13.5. The van der Waals surface area contributed by atoms with Crippen molar-refractivity contribution in [3.8, 4) is 5.75 Å². The molecule has 0 aromatic heterocycles. The Bertz CT molecular complexity index is 681. The minimum atomic E-state index is -0.900. The van der Waals surface area contributed by atoms with Gasteiger partial charge in [0.15, 0.2) is 0 Å². The molecule has 0 bridgehead atoms. The summed E-state index contributed by atoms with van der Waals surface area (Å²) in [5.41, 5.74) is 1.51. The molecule has 26 heavy (non-hydrogen) atoms. The Morgan fingerprint density at radius 1 is 1.35 bits per heavy atom. The molecule has 1 amide bonds. The molecule has 1 aliphatic carbocycles. The number of amides is 1. The maximum atomic E-state index is 13.5. The number of benzene rings is 1. The first kappa shape index (κ1) is 18.7. The molecular formula is C20H27NO5. The van der Waals surface area contributed by atoms with Crippen LogP contribution in [0.3, 0.4) is 0 Å². The number of aryl methyl sites for hydroxylation is 1. The first-order valence-electron chi connectivity index (χ1n) is 9.24. The van der Waals surface area contributed by atoms with E-state index < -0.39 is 17.5 Å². The van der Waals surface area contributed by atoms with E-state index in [1.807, 2.05) is 25.1 Å². The molecule has 1 unspecified atom stereocenters. The number of hydrogen-bond acceptors (Lipinski definition) is 4. The van der Waals surface area contributed by atoms with Gasteiger partial charge in [-0.25, -0.2) is 0 Å². The quantitative estimate of drug-likeness (QED) is 0.872. The normalized spacial score (nSPS) is 22.2. The van der Waals surface area contributed by atoms with Gasteiger partial charge in [0.25, 0.3) is 0 Å². The molecule has 0 spiro atoms. The fourth-order valence-corrected chi connectivity index (χ4v) is 4.25. The SMILES string of the molecule is COc1cc(C2(C(=O)N3CCOC(CC(=O)O)C3)CCCC2)ccc1C. The minimum Gasteiger partial charge on any atom is -0.496 e. The highest BCUT2D eigenvalue weighted by Crippen LogP contribution is 2.44. The van der Waals surface area contributed by atoms with Crippen molar-refractivity contribution in [3.05, 3.63) is 29.3 Å². The highest BCUT2D eigenvalue weighted by Gasteiger charge is 2.46. The molecule has 2 fully saturated rings. The molecule has 1 aliphatic heterocycles. The molecule has 1 aromatic carbocycles. The summed E-state index contributed by atoms with van der Waals surface area (Å²) in [6, 6.07) is 6.04. The van der Waals surface area contributed by atoms with Gasteiger partial charge in [-0.3, -0.25) is 9.59 Å². The zero-order valence-electron chi connectivity index (χ0n) is 15.5. The number of hydrogen-bond donors (Lipinski definition) is 1. The number of nitrogens with zero attached hydrogens (tertiary/aromatic N) is 1. The lowest BCUT2D eigenvalue weighted by Gasteiger charge is -2.39. The van der Waals surface area contributed by atoms with E-state index in [4.69, 9.17) is 14.6 Å². The number of rotatable bonds is 5. The molecule has 6 heteroatoms. The highest BCUT2D eigenvalue weighted by atomic mass is 16.5. The predicted molar refractivity (Wildman–Crippen MR) is 96.4 cm³/mol. The number of ether oxygens (including phenoxy) is 2. The summed E-state index contributed by atoms with van der Waals surface area (Å²) in [4.78, 5) is 26.3. The zero-order chi connectivity index (χ0) is 18.7. The van der Waals surface area contributed by atoms with Crippen LogP contribution in [-0.4, -0.2) is 54.8 Å². The molecule has 1 atom stereocenters. The van der Waals surface area contributed by atoms with Crippen LogP contribution < -0.4 is 4.74 Å². The Morgan fingerprint density at radius 3 is 2.73 bits per heavy atom. The topological polar surface area (TPSA) is 76.1 Å². The van der Waals surface area contributed by atoms with E-state index in [-0.39, 0.29) is 12.3 Å². The van der Waals surface area contributed by atoms with Crippen LogP contribution in [-0.2, 0) is 19.7 Å². The summed E-state index contributed by atoms with van der Waals surface area (Å²) in [5.74, 6) is -0.00458. The van der Waals surface area contributed by atoms with Crippen molar-refractivity contribution in [2.45, 2.75) is 50.5 Å². The van der Waals surface area contributed by atoms with Crippen LogP contribution in [0.25, 0.3) is 0 Å².